The van der Waals surface area contributed by atoms with Crippen LogP contribution in [0.15, 0.2) is 41.8 Å². The lowest BCUT2D eigenvalue weighted by atomic mass is 9.97. The molecule has 2 aromatic carbocycles. The molecule has 1 fully saturated rings. The number of imide groups is 1. The summed E-state index contributed by atoms with van der Waals surface area (Å²) in [6.07, 6.45) is 2.64. The van der Waals surface area contributed by atoms with Gasteiger partial charge in [0.2, 0.25) is 11.8 Å². The van der Waals surface area contributed by atoms with Crippen molar-refractivity contribution in [3.05, 3.63) is 58.7 Å². The van der Waals surface area contributed by atoms with Gasteiger partial charge in [-0.2, -0.15) is 0 Å². The zero-order valence-electron chi connectivity index (χ0n) is 24.3. The van der Waals surface area contributed by atoms with Gasteiger partial charge in [0.15, 0.2) is 0 Å². The lowest BCUT2D eigenvalue weighted by molar-refractivity contribution is -0.127. The maximum absolute atomic E-state index is 14.2. The van der Waals surface area contributed by atoms with Gasteiger partial charge in [-0.05, 0) is 60.0 Å². The fourth-order valence-electron chi connectivity index (χ4n) is 5.63. The molecular weight excluding hydrogens is 557 g/mol. The first-order valence-corrected chi connectivity index (χ1v) is 15.7. The quantitative estimate of drug-likeness (QED) is 0.250. The van der Waals surface area contributed by atoms with Crippen molar-refractivity contribution in [3.8, 4) is 0 Å². The summed E-state index contributed by atoms with van der Waals surface area (Å²) in [5.41, 5.74) is 3.87. The van der Waals surface area contributed by atoms with Crippen molar-refractivity contribution < 1.29 is 28.2 Å². The minimum Gasteiger partial charge on any atom is -0.382 e. The Hall–Kier alpha value is -2.89. The zero-order valence-corrected chi connectivity index (χ0v) is 25.1. The maximum Gasteiger partial charge on any atom is 0.234 e. The molecule has 10 heteroatoms. The normalized spacial score (nSPS) is 15.9. The Balaban J connectivity index is 1.10. The van der Waals surface area contributed by atoms with E-state index in [1.807, 2.05) is 11.4 Å². The third-order valence-electron chi connectivity index (χ3n) is 7.93. The predicted molar refractivity (Wildman–Crippen MR) is 164 cm³/mol. The number of halogens is 1. The van der Waals surface area contributed by atoms with Crippen LogP contribution in [0.1, 0.15) is 30.4 Å². The van der Waals surface area contributed by atoms with Crippen LogP contribution in [0.2, 0.25) is 0 Å². The van der Waals surface area contributed by atoms with E-state index < -0.39 is 0 Å². The van der Waals surface area contributed by atoms with Gasteiger partial charge in [0, 0.05) is 75.1 Å². The second-order valence-corrected chi connectivity index (χ2v) is 11.7. The summed E-state index contributed by atoms with van der Waals surface area (Å²) in [5.74, 6) is -0.495. The van der Waals surface area contributed by atoms with E-state index in [-0.39, 0.29) is 24.1 Å². The van der Waals surface area contributed by atoms with Gasteiger partial charge in [0.25, 0.3) is 0 Å². The Kier molecular flexibility index (Phi) is 10.9. The SMILES string of the molecule is COCCOCCOCCCC(=O)N1C(=O)CCc2ccc(CCN3CCN(c4cc(F)cc5sccc45)CC3)cc21. The topological polar surface area (TPSA) is 71.5 Å². The molecule has 2 aliphatic heterocycles. The summed E-state index contributed by atoms with van der Waals surface area (Å²) in [4.78, 5) is 32.0. The van der Waals surface area contributed by atoms with E-state index in [4.69, 9.17) is 14.2 Å². The number of hydrogen-bond donors (Lipinski definition) is 0. The van der Waals surface area contributed by atoms with Crippen molar-refractivity contribution >= 4 is 44.6 Å². The number of rotatable bonds is 14. The summed E-state index contributed by atoms with van der Waals surface area (Å²) in [6.45, 7) is 6.86. The number of amides is 2. The van der Waals surface area contributed by atoms with Gasteiger partial charge in [-0.15, -0.1) is 11.3 Å². The molecule has 2 aliphatic rings. The van der Waals surface area contributed by atoms with Crippen molar-refractivity contribution in [2.75, 3.05) is 82.7 Å². The van der Waals surface area contributed by atoms with E-state index in [9.17, 15) is 14.0 Å². The van der Waals surface area contributed by atoms with E-state index in [0.29, 0.717) is 52.3 Å². The number of carbonyl (C=O) groups excluding carboxylic acids is 2. The highest BCUT2D eigenvalue weighted by Crippen LogP contribution is 2.33. The van der Waals surface area contributed by atoms with Crippen LogP contribution in [0.3, 0.4) is 0 Å². The summed E-state index contributed by atoms with van der Waals surface area (Å²) in [5, 5.41) is 3.14. The Morgan fingerprint density at radius 1 is 0.929 bits per heavy atom. The van der Waals surface area contributed by atoms with E-state index in [1.165, 1.54) is 4.90 Å². The van der Waals surface area contributed by atoms with Crippen LogP contribution in [-0.4, -0.2) is 89.6 Å². The Bertz CT molecular complexity index is 1360. The number of methoxy groups -OCH3 is 1. The van der Waals surface area contributed by atoms with Crippen molar-refractivity contribution in [1.82, 2.24) is 4.90 Å². The number of ether oxygens (including phenoxy) is 3. The minimum atomic E-state index is -0.186. The van der Waals surface area contributed by atoms with Crippen LogP contribution in [0, 0.1) is 5.82 Å². The highest BCUT2D eigenvalue weighted by Gasteiger charge is 2.29. The van der Waals surface area contributed by atoms with Crippen LogP contribution in [0.25, 0.3) is 10.1 Å². The lowest BCUT2D eigenvalue weighted by Crippen LogP contribution is -2.47. The number of carbonyl (C=O) groups is 2. The molecule has 3 heterocycles. The third kappa shape index (κ3) is 7.73. The summed E-state index contributed by atoms with van der Waals surface area (Å²) in [7, 11) is 1.63. The molecule has 0 N–H and O–H groups in total. The van der Waals surface area contributed by atoms with E-state index >= 15 is 0 Å². The highest BCUT2D eigenvalue weighted by molar-refractivity contribution is 7.17. The van der Waals surface area contributed by atoms with Gasteiger partial charge in [0.05, 0.1) is 32.1 Å². The second kappa shape index (κ2) is 15.0. The molecule has 8 nitrogen and oxygen atoms in total. The number of fused-ring (bicyclic) bond motifs is 2. The average molecular weight is 598 g/mol. The van der Waals surface area contributed by atoms with Gasteiger partial charge in [-0.25, -0.2) is 4.39 Å². The predicted octanol–water partition coefficient (Wildman–Crippen LogP) is 4.67. The molecule has 1 saturated heterocycles. The number of nitrogens with zero attached hydrogens (tertiary/aromatic N) is 3. The van der Waals surface area contributed by atoms with Crippen LogP contribution in [0.5, 0.6) is 0 Å². The largest absolute Gasteiger partial charge is 0.382 e. The molecular formula is C32H40FN3O5S. The van der Waals surface area contributed by atoms with Crippen molar-refractivity contribution in [2.24, 2.45) is 0 Å². The maximum atomic E-state index is 14.2. The molecule has 226 valence electrons. The van der Waals surface area contributed by atoms with Crippen LogP contribution in [-0.2, 0) is 36.6 Å². The number of thiophene rings is 1. The molecule has 0 spiro atoms. The van der Waals surface area contributed by atoms with Gasteiger partial charge >= 0.3 is 0 Å². The van der Waals surface area contributed by atoms with Crippen LogP contribution in [0.4, 0.5) is 15.8 Å². The summed E-state index contributed by atoms with van der Waals surface area (Å²) >= 11 is 1.57. The summed E-state index contributed by atoms with van der Waals surface area (Å²) < 4.78 is 31.1. The number of piperazine rings is 1. The first-order valence-electron chi connectivity index (χ1n) is 14.8. The van der Waals surface area contributed by atoms with Crippen molar-refractivity contribution in [3.63, 3.8) is 0 Å². The monoisotopic (exact) mass is 597 g/mol. The molecule has 0 atom stereocenters. The zero-order chi connectivity index (χ0) is 29.3. The van der Waals surface area contributed by atoms with Gasteiger partial charge < -0.3 is 19.1 Å². The molecule has 42 heavy (non-hydrogen) atoms. The first kappa shape index (κ1) is 30.6. The Morgan fingerprint density at radius 2 is 1.71 bits per heavy atom. The Labute approximate surface area is 250 Å². The first-order chi connectivity index (χ1) is 20.5. The smallest absolute Gasteiger partial charge is 0.234 e. The number of aryl methyl sites for hydroxylation is 1. The third-order valence-corrected chi connectivity index (χ3v) is 8.79. The van der Waals surface area contributed by atoms with Crippen molar-refractivity contribution in [1.29, 1.82) is 0 Å². The lowest BCUT2D eigenvalue weighted by Gasteiger charge is -2.36. The number of benzene rings is 2. The van der Waals surface area contributed by atoms with Gasteiger partial charge in [-0.1, -0.05) is 12.1 Å². The fraction of sp³-hybridized carbons (Fsp3) is 0.500. The van der Waals surface area contributed by atoms with Gasteiger partial charge in [-0.3, -0.25) is 19.4 Å². The molecule has 0 saturated carbocycles. The second-order valence-electron chi connectivity index (χ2n) is 10.7. The molecule has 5 rings (SSSR count). The molecule has 3 aromatic rings. The Morgan fingerprint density at radius 3 is 2.52 bits per heavy atom. The molecule has 0 unspecified atom stereocenters. The minimum absolute atomic E-state index is 0.134. The van der Waals surface area contributed by atoms with Gasteiger partial charge in [0.1, 0.15) is 5.82 Å². The molecule has 2 amide bonds. The molecule has 0 radical (unpaired) electrons. The van der Waals surface area contributed by atoms with Crippen LogP contribution < -0.4 is 9.80 Å². The average Bonchev–Trinajstić information content (AvgIpc) is 3.47. The fourth-order valence-corrected chi connectivity index (χ4v) is 6.46. The molecule has 0 bridgehead atoms. The standard InChI is InChI=1S/C32H40FN3O5S/c1-39-16-17-41-19-18-40-15-2-3-31(37)36-28-21-24(4-5-25(28)6-7-32(36)38)8-10-34-11-13-35(14-12-34)29-22-26(33)23-30-27(29)9-20-42-30/h4-5,9,20-23H,2-3,6-8,10-19H2,1H3. The molecule has 1 aromatic heterocycles. The molecule has 0 aliphatic carbocycles. The summed E-state index contributed by atoms with van der Waals surface area (Å²) in [6, 6.07) is 11.5. The number of hydrogen-bond acceptors (Lipinski definition) is 8. The van der Waals surface area contributed by atoms with E-state index in [0.717, 1.165) is 71.7 Å². The van der Waals surface area contributed by atoms with Crippen LogP contribution >= 0.6 is 11.3 Å². The highest BCUT2D eigenvalue weighted by atomic mass is 32.1. The van der Waals surface area contributed by atoms with E-state index in [1.54, 1.807) is 30.6 Å². The van der Waals surface area contributed by atoms with Crippen molar-refractivity contribution in [2.45, 2.75) is 32.1 Å². The van der Waals surface area contributed by atoms with E-state index in [2.05, 4.69) is 28.0 Å². The number of anilines is 2.